The minimum absolute atomic E-state index is 0.0554. The molecule has 0 spiro atoms. The molecule has 0 bridgehead atoms. The normalized spacial score (nSPS) is 17.6. The number of anilines is 3. The molecule has 0 saturated carbocycles. The number of phenols is 1. The van der Waals surface area contributed by atoms with Gasteiger partial charge in [-0.15, -0.1) is 0 Å². The Morgan fingerprint density at radius 2 is 1.19 bits per heavy atom. The predicted octanol–water partition coefficient (Wildman–Crippen LogP) is 1.78. The van der Waals surface area contributed by atoms with Crippen LogP contribution in [-0.2, 0) is 4.79 Å². The van der Waals surface area contributed by atoms with E-state index < -0.39 is 0 Å². The zero-order valence-electron chi connectivity index (χ0n) is 14.3. The number of nitrogens with one attached hydrogen (secondary N) is 1. The van der Waals surface area contributed by atoms with Gasteiger partial charge in [-0.1, -0.05) is 0 Å². The van der Waals surface area contributed by atoms with Crippen molar-refractivity contribution in [2.45, 2.75) is 0 Å². The Labute approximate surface area is 151 Å². The van der Waals surface area contributed by atoms with Crippen LogP contribution in [0.5, 0.6) is 5.75 Å². The third kappa shape index (κ3) is 3.03. The Balaban J connectivity index is 1.41. The minimum Gasteiger partial charge on any atom is -0.508 e. The summed E-state index contributed by atoms with van der Waals surface area (Å²) in [6.07, 6.45) is 0. The van der Waals surface area contributed by atoms with Gasteiger partial charge >= 0.3 is 6.03 Å². The number of hydrogen-bond donors (Lipinski definition) is 2. The van der Waals surface area contributed by atoms with Crippen molar-refractivity contribution in [3.05, 3.63) is 48.5 Å². The number of piperazine rings is 1. The van der Waals surface area contributed by atoms with Crippen molar-refractivity contribution in [3.8, 4) is 5.75 Å². The SMILES string of the molecule is O=C1CNC(=O)N1c1ccc(N2CCN(c3ccc(O)cc3)CC2)cc1. The quantitative estimate of drug-likeness (QED) is 0.824. The maximum Gasteiger partial charge on any atom is 0.329 e. The zero-order valence-corrected chi connectivity index (χ0v) is 14.3. The molecule has 2 heterocycles. The van der Waals surface area contributed by atoms with Gasteiger partial charge in [0.05, 0.1) is 12.2 Å². The van der Waals surface area contributed by atoms with E-state index in [-0.39, 0.29) is 24.2 Å². The Morgan fingerprint density at radius 3 is 1.65 bits per heavy atom. The third-order valence-corrected chi connectivity index (χ3v) is 4.81. The molecule has 26 heavy (non-hydrogen) atoms. The topological polar surface area (TPSA) is 76.1 Å². The van der Waals surface area contributed by atoms with Crippen LogP contribution in [-0.4, -0.2) is 49.8 Å². The summed E-state index contributed by atoms with van der Waals surface area (Å²) in [6.45, 7) is 3.59. The second kappa shape index (κ2) is 6.59. The number of imide groups is 1. The van der Waals surface area contributed by atoms with E-state index >= 15 is 0 Å². The first-order valence-corrected chi connectivity index (χ1v) is 8.61. The fourth-order valence-electron chi connectivity index (χ4n) is 3.38. The molecule has 4 rings (SSSR count). The standard InChI is InChI=1S/C19H20N4O3/c24-17-7-5-15(6-8-17)22-11-9-21(10-12-22)14-1-3-16(4-2-14)23-18(25)13-20-19(23)26/h1-8,24H,9-13H2,(H,20,26). The Morgan fingerprint density at radius 1 is 0.731 bits per heavy atom. The van der Waals surface area contributed by atoms with Gasteiger partial charge in [-0.3, -0.25) is 4.79 Å². The van der Waals surface area contributed by atoms with E-state index in [1.807, 2.05) is 36.4 Å². The Bertz CT molecular complexity index is 796. The Kier molecular flexibility index (Phi) is 4.12. The van der Waals surface area contributed by atoms with Crippen LogP contribution in [0.25, 0.3) is 0 Å². The molecule has 0 atom stereocenters. The molecule has 3 amide bonds. The van der Waals surface area contributed by atoms with Gasteiger partial charge in [0.25, 0.3) is 5.91 Å². The summed E-state index contributed by atoms with van der Waals surface area (Å²) in [4.78, 5) is 29.2. The highest BCUT2D eigenvalue weighted by molar-refractivity contribution is 6.19. The van der Waals surface area contributed by atoms with Crippen LogP contribution in [0.1, 0.15) is 0 Å². The molecule has 2 aliphatic rings. The van der Waals surface area contributed by atoms with Crippen molar-refractivity contribution >= 4 is 29.0 Å². The lowest BCUT2D eigenvalue weighted by Crippen LogP contribution is -2.46. The van der Waals surface area contributed by atoms with Gasteiger partial charge in [-0.2, -0.15) is 0 Å². The number of phenolic OH excluding ortho intramolecular Hbond substituents is 1. The average molecular weight is 352 g/mol. The van der Waals surface area contributed by atoms with Gasteiger partial charge in [-0.05, 0) is 48.5 Å². The monoisotopic (exact) mass is 352 g/mol. The number of benzene rings is 2. The van der Waals surface area contributed by atoms with E-state index in [4.69, 9.17) is 0 Å². The van der Waals surface area contributed by atoms with Crippen LogP contribution >= 0.6 is 0 Å². The van der Waals surface area contributed by atoms with E-state index in [1.54, 1.807) is 12.1 Å². The number of carbonyl (C=O) groups excluding carboxylic acids is 2. The molecular weight excluding hydrogens is 332 g/mol. The highest BCUT2D eigenvalue weighted by atomic mass is 16.3. The molecule has 0 unspecified atom stereocenters. The fraction of sp³-hybridized carbons (Fsp3) is 0.263. The van der Waals surface area contributed by atoms with Crippen LogP contribution in [0.3, 0.4) is 0 Å². The smallest absolute Gasteiger partial charge is 0.329 e. The molecule has 0 radical (unpaired) electrons. The molecule has 0 aromatic heterocycles. The maximum absolute atomic E-state index is 11.8. The van der Waals surface area contributed by atoms with Crippen molar-refractivity contribution in [3.63, 3.8) is 0 Å². The number of nitrogens with zero attached hydrogens (tertiary/aromatic N) is 3. The van der Waals surface area contributed by atoms with Crippen molar-refractivity contribution in [1.82, 2.24) is 5.32 Å². The first-order valence-electron chi connectivity index (χ1n) is 8.61. The lowest BCUT2D eigenvalue weighted by molar-refractivity contribution is -0.115. The third-order valence-electron chi connectivity index (χ3n) is 4.81. The van der Waals surface area contributed by atoms with Crippen LogP contribution in [0.15, 0.2) is 48.5 Å². The first-order chi connectivity index (χ1) is 12.6. The van der Waals surface area contributed by atoms with Gasteiger partial charge in [0, 0.05) is 37.6 Å². The van der Waals surface area contributed by atoms with Crippen molar-refractivity contribution in [1.29, 1.82) is 0 Å². The van der Waals surface area contributed by atoms with Gasteiger partial charge in [0.15, 0.2) is 0 Å². The minimum atomic E-state index is -0.370. The van der Waals surface area contributed by atoms with E-state index in [1.165, 1.54) is 4.90 Å². The molecule has 0 aliphatic carbocycles. The number of carbonyl (C=O) groups is 2. The van der Waals surface area contributed by atoms with Crippen molar-refractivity contribution in [2.75, 3.05) is 47.4 Å². The molecule has 7 heteroatoms. The number of urea groups is 1. The molecule has 2 aliphatic heterocycles. The largest absolute Gasteiger partial charge is 0.508 e. The van der Waals surface area contributed by atoms with Crippen LogP contribution in [0.4, 0.5) is 21.9 Å². The zero-order chi connectivity index (χ0) is 18.1. The van der Waals surface area contributed by atoms with E-state index in [2.05, 4.69) is 15.1 Å². The molecule has 2 saturated heterocycles. The molecule has 134 valence electrons. The number of amides is 3. The van der Waals surface area contributed by atoms with Crippen LogP contribution in [0.2, 0.25) is 0 Å². The molecule has 2 aromatic carbocycles. The number of aromatic hydroxyl groups is 1. The van der Waals surface area contributed by atoms with Gasteiger partial charge < -0.3 is 20.2 Å². The average Bonchev–Trinajstić information content (AvgIpc) is 3.01. The van der Waals surface area contributed by atoms with Crippen LogP contribution in [0, 0.1) is 0 Å². The second-order valence-corrected chi connectivity index (χ2v) is 6.39. The highest BCUT2D eigenvalue weighted by Crippen LogP contribution is 2.25. The lowest BCUT2D eigenvalue weighted by Gasteiger charge is -2.37. The molecule has 2 N–H and O–H groups in total. The van der Waals surface area contributed by atoms with Gasteiger partial charge in [0.2, 0.25) is 0 Å². The summed E-state index contributed by atoms with van der Waals surface area (Å²) < 4.78 is 0. The second-order valence-electron chi connectivity index (χ2n) is 6.39. The fourth-order valence-corrected chi connectivity index (χ4v) is 3.38. The summed E-state index contributed by atoms with van der Waals surface area (Å²) >= 11 is 0. The summed E-state index contributed by atoms with van der Waals surface area (Å²) in [5, 5.41) is 11.9. The van der Waals surface area contributed by atoms with Gasteiger partial charge in [-0.25, -0.2) is 9.69 Å². The van der Waals surface area contributed by atoms with Crippen molar-refractivity contribution in [2.24, 2.45) is 0 Å². The summed E-state index contributed by atoms with van der Waals surface area (Å²) in [7, 11) is 0. The maximum atomic E-state index is 11.8. The summed E-state index contributed by atoms with van der Waals surface area (Å²) in [6, 6.07) is 14.4. The van der Waals surface area contributed by atoms with Crippen LogP contribution < -0.4 is 20.0 Å². The van der Waals surface area contributed by atoms with E-state index in [0.29, 0.717) is 5.69 Å². The lowest BCUT2D eigenvalue weighted by atomic mass is 10.2. The predicted molar refractivity (Wildman–Crippen MR) is 99.9 cm³/mol. The summed E-state index contributed by atoms with van der Waals surface area (Å²) in [5.41, 5.74) is 2.78. The molecule has 7 nitrogen and oxygen atoms in total. The molecule has 2 fully saturated rings. The van der Waals surface area contributed by atoms with Gasteiger partial charge in [0.1, 0.15) is 5.75 Å². The highest BCUT2D eigenvalue weighted by Gasteiger charge is 2.30. The Hall–Kier alpha value is -3.22. The van der Waals surface area contributed by atoms with Crippen molar-refractivity contribution < 1.29 is 14.7 Å². The summed E-state index contributed by atoms with van der Waals surface area (Å²) in [5.74, 6) is 0.0444. The molecule has 2 aromatic rings. The number of rotatable bonds is 3. The first kappa shape index (κ1) is 16.3. The van der Waals surface area contributed by atoms with E-state index in [0.717, 1.165) is 37.6 Å². The number of hydrogen-bond acceptors (Lipinski definition) is 5. The molecular formula is C19H20N4O3. The van der Waals surface area contributed by atoms with E-state index in [9.17, 15) is 14.7 Å².